The Morgan fingerprint density at radius 2 is 2.08 bits per heavy atom. The number of amides is 2. The quantitative estimate of drug-likeness (QED) is 0.744. The van der Waals surface area contributed by atoms with Crippen LogP contribution in [0.4, 0.5) is 0 Å². The minimum absolute atomic E-state index is 0.0477. The molecule has 1 aliphatic carbocycles. The van der Waals surface area contributed by atoms with Gasteiger partial charge in [0.15, 0.2) is 0 Å². The van der Waals surface area contributed by atoms with Crippen molar-refractivity contribution in [2.24, 2.45) is 0 Å². The van der Waals surface area contributed by atoms with Gasteiger partial charge in [0.2, 0.25) is 11.8 Å². The van der Waals surface area contributed by atoms with Gasteiger partial charge in [0.1, 0.15) is 6.04 Å². The molecule has 0 radical (unpaired) electrons. The number of aryl methyl sites for hydroxylation is 1. The van der Waals surface area contributed by atoms with Crippen molar-refractivity contribution in [2.75, 3.05) is 12.0 Å². The van der Waals surface area contributed by atoms with Gasteiger partial charge in [0.05, 0.1) is 6.04 Å². The van der Waals surface area contributed by atoms with Crippen LogP contribution >= 0.6 is 11.8 Å². The molecule has 0 heterocycles. The summed E-state index contributed by atoms with van der Waals surface area (Å²) >= 11 is 1.69. The van der Waals surface area contributed by atoms with Crippen molar-refractivity contribution in [1.82, 2.24) is 10.6 Å². The van der Waals surface area contributed by atoms with E-state index in [-0.39, 0.29) is 17.9 Å². The lowest BCUT2D eigenvalue weighted by Gasteiger charge is -2.24. The zero-order valence-corrected chi connectivity index (χ0v) is 15.5. The van der Waals surface area contributed by atoms with Gasteiger partial charge in [-0.3, -0.25) is 9.59 Å². The molecule has 1 aromatic carbocycles. The van der Waals surface area contributed by atoms with E-state index in [1.165, 1.54) is 11.1 Å². The van der Waals surface area contributed by atoms with E-state index in [1.54, 1.807) is 18.7 Å². The number of rotatable bonds is 7. The van der Waals surface area contributed by atoms with E-state index in [4.69, 9.17) is 0 Å². The highest BCUT2D eigenvalue weighted by Crippen LogP contribution is 2.28. The van der Waals surface area contributed by atoms with E-state index in [0.717, 1.165) is 31.4 Å². The van der Waals surface area contributed by atoms with Crippen LogP contribution in [0.25, 0.3) is 0 Å². The van der Waals surface area contributed by atoms with Gasteiger partial charge in [-0.05, 0) is 48.8 Å². The van der Waals surface area contributed by atoms with Crippen molar-refractivity contribution in [2.45, 2.75) is 57.5 Å². The second-order valence-corrected chi connectivity index (χ2v) is 7.25. The number of hydrogen-bond acceptors (Lipinski definition) is 3. The van der Waals surface area contributed by atoms with Crippen LogP contribution in [0.1, 0.15) is 56.2 Å². The Bertz CT molecular complexity index is 562. The van der Waals surface area contributed by atoms with Gasteiger partial charge in [-0.15, -0.1) is 0 Å². The molecule has 24 heavy (non-hydrogen) atoms. The highest BCUT2D eigenvalue weighted by molar-refractivity contribution is 7.98. The summed E-state index contributed by atoms with van der Waals surface area (Å²) in [5.74, 6) is 0.716. The van der Waals surface area contributed by atoms with Crippen LogP contribution < -0.4 is 10.6 Å². The average molecular weight is 349 g/mol. The summed E-state index contributed by atoms with van der Waals surface area (Å²) in [5.41, 5.74) is 2.56. The van der Waals surface area contributed by atoms with E-state index >= 15 is 0 Å². The van der Waals surface area contributed by atoms with Crippen molar-refractivity contribution in [3.63, 3.8) is 0 Å². The third kappa shape index (κ3) is 5.26. The van der Waals surface area contributed by atoms with Crippen molar-refractivity contribution in [3.05, 3.63) is 35.4 Å². The van der Waals surface area contributed by atoms with Crippen LogP contribution in [0, 0.1) is 0 Å². The smallest absolute Gasteiger partial charge is 0.243 e. The number of fused-ring (bicyclic) bond motifs is 1. The molecule has 0 spiro atoms. The predicted molar refractivity (Wildman–Crippen MR) is 100 cm³/mol. The SMILES string of the molecule is CCC(=O)N[C@@H](CCSC)C(=O)N[C@H]1CCCCc2ccccc21. The molecule has 1 aliphatic rings. The number of carbonyl (C=O) groups is 2. The predicted octanol–water partition coefficient (Wildman–Crippen LogP) is 3.22. The molecule has 1 aromatic rings. The summed E-state index contributed by atoms with van der Waals surface area (Å²) in [7, 11) is 0. The van der Waals surface area contributed by atoms with Crippen LogP contribution in [0.5, 0.6) is 0 Å². The molecule has 0 saturated heterocycles. The molecule has 2 atom stereocenters. The minimum Gasteiger partial charge on any atom is -0.348 e. The molecule has 0 bridgehead atoms. The molecule has 2 rings (SSSR count). The van der Waals surface area contributed by atoms with Gasteiger partial charge in [-0.1, -0.05) is 37.6 Å². The molecule has 0 aliphatic heterocycles. The topological polar surface area (TPSA) is 58.2 Å². The van der Waals surface area contributed by atoms with E-state index < -0.39 is 6.04 Å². The second-order valence-electron chi connectivity index (χ2n) is 6.26. The Labute approximate surface area is 149 Å². The van der Waals surface area contributed by atoms with E-state index in [2.05, 4.69) is 28.8 Å². The maximum absolute atomic E-state index is 12.8. The summed E-state index contributed by atoms with van der Waals surface area (Å²) in [6, 6.07) is 7.97. The largest absolute Gasteiger partial charge is 0.348 e. The lowest BCUT2D eigenvalue weighted by molar-refractivity contribution is -0.129. The molecule has 2 amide bonds. The lowest BCUT2D eigenvalue weighted by Crippen LogP contribution is -2.47. The fourth-order valence-electron chi connectivity index (χ4n) is 3.14. The third-order valence-corrected chi connectivity index (χ3v) is 5.16. The molecule has 0 unspecified atom stereocenters. The molecule has 2 N–H and O–H groups in total. The fourth-order valence-corrected chi connectivity index (χ4v) is 3.62. The number of hydrogen-bond donors (Lipinski definition) is 2. The van der Waals surface area contributed by atoms with Crippen LogP contribution in [-0.4, -0.2) is 29.9 Å². The van der Waals surface area contributed by atoms with Gasteiger partial charge in [-0.2, -0.15) is 11.8 Å². The molecule has 4 nitrogen and oxygen atoms in total. The number of nitrogens with one attached hydrogen (secondary N) is 2. The third-order valence-electron chi connectivity index (χ3n) is 4.52. The molecule has 0 aromatic heterocycles. The standard InChI is InChI=1S/C19H28N2O2S/c1-3-18(22)20-17(12-13-24-2)19(23)21-16-11-7-5-9-14-8-4-6-10-15(14)16/h4,6,8,10,16-17H,3,5,7,9,11-13H2,1-2H3,(H,20,22)(H,21,23)/t16-,17-/m0/s1. The first-order valence-electron chi connectivity index (χ1n) is 8.82. The number of thioether (sulfide) groups is 1. The maximum Gasteiger partial charge on any atom is 0.243 e. The van der Waals surface area contributed by atoms with Crippen molar-refractivity contribution >= 4 is 23.6 Å². The molecule has 5 heteroatoms. The van der Waals surface area contributed by atoms with Gasteiger partial charge >= 0.3 is 0 Å². The highest BCUT2D eigenvalue weighted by Gasteiger charge is 2.25. The van der Waals surface area contributed by atoms with Crippen molar-refractivity contribution in [1.29, 1.82) is 0 Å². The van der Waals surface area contributed by atoms with E-state index in [1.807, 2.05) is 12.3 Å². The van der Waals surface area contributed by atoms with Crippen LogP contribution in [0.15, 0.2) is 24.3 Å². The Balaban J connectivity index is 2.08. The molecule has 0 fully saturated rings. The Hall–Kier alpha value is -1.49. The second kappa shape index (κ2) is 9.72. The van der Waals surface area contributed by atoms with E-state index in [9.17, 15) is 9.59 Å². The van der Waals surface area contributed by atoms with Gasteiger partial charge in [0.25, 0.3) is 0 Å². The normalized spacial score (nSPS) is 18.2. The van der Waals surface area contributed by atoms with Crippen molar-refractivity contribution < 1.29 is 9.59 Å². The first-order chi connectivity index (χ1) is 11.7. The molecule has 132 valence electrons. The van der Waals surface area contributed by atoms with E-state index in [0.29, 0.717) is 12.8 Å². The summed E-state index contributed by atoms with van der Waals surface area (Å²) in [6.07, 6.45) is 7.37. The lowest BCUT2D eigenvalue weighted by atomic mass is 9.98. The summed E-state index contributed by atoms with van der Waals surface area (Å²) < 4.78 is 0. The zero-order valence-electron chi connectivity index (χ0n) is 14.6. The Morgan fingerprint density at radius 1 is 1.29 bits per heavy atom. The summed E-state index contributed by atoms with van der Waals surface area (Å²) in [6.45, 7) is 1.81. The van der Waals surface area contributed by atoms with Gasteiger partial charge in [0, 0.05) is 6.42 Å². The van der Waals surface area contributed by atoms with Crippen LogP contribution in [0.3, 0.4) is 0 Å². The van der Waals surface area contributed by atoms with Gasteiger partial charge in [-0.25, -0.2) is 0 Å². The van der Waals surface area contributed by atoms with Crippen molar-refractivity contribution in [3.8, 4) is 0 Å². The summed E-state index contributed by atoms with van der Waals surface area (Å²) in [4.78, 5) is 24.5. The fraction of sp³-hybridized carbons (Fsp3) is 0.579. The average Bonchev–Trinajstić information content (AvgIpc) is 2.80. The molecule has 0 saturated carbocycles. The Morgan fingerprint density at radius 3 is 2.83 bits per heavy atom. The molecular weight excluding hydrogens is 320 g/mol. The minimum atomic E-state index is -0.444. The van der Waals surface area contributed by atoms with Crippen LogP contribution in [0.2, 0.25) is 0 Å². The first-order valence-corrected chi connectivity index (χ1v) is 10.2. The van der Waals surface area contributed by atoms with Gasteiger partial charge < -0.3 is 10.6 Å². The van der Waals surface area contributed by atoms with Crippen LogP contribution in [-0.2, 0) is 16.0 Å². The molecular formula is C19H28N2O2S. The number of benzene rings is 1. The zero-order chi connectivity index (χ0) is 17.4. The Kier molecular flexibility index (Phi) is 7.63. The highest BCUT2D eigenvalue weighted by atomic mass is 32.2. The first kappa shape index (κ1) is 18.8. The summed E-state index contributed by atoms with van der Waals surface area (Å²) in [5, 5.41) is 6.06. The number of carbonyl (C=O) groups excluding carboxylic acids is 2. The monoisotopic (exact) mass is 348 g/mol. The maximum atomic E-state index is 12.8.